The van der Waals surface area contributed by atoms with E-state index >= 15 is 0 Å². The fraction of sp³-hybridized carbons (Fsp3) is 0.100. The average Bonchev–Trinajstić information content (AvgIpc) is 2.72. The van der Waals surface area contributed by atoms with Gasteiger partial charge >= 0.3 is 0 Å². The Morgan fingerprint density at radius 3 is 1.38 bits per heavy atom. The third-order valence-electron chi connectivity index (χ3n) is 3.69. The van der Waals surface area contributed by atoms with Crippen LogP contribution in [0.15, 0.2) is 98.1 Å². The number of nitrogens with zero attached hydrogens (tertiary/aromatic N) is 4. The van der Waals surface area contributed by atoms with E-state index < -0.39 is 10.1 Å². The first kappa shape index (κ1) is 20.3. The first-order valence-electron chi connectivity index (χ1n) is 8.68. The summed E-state index contributed by atoms with van der Waals surface area (Å²) in [5.74, 6) is 0.786. The number of hydrogen-bond acceptors (Lipinski definition) is 7. The molecule has 0 spiro atoms. The molecule has 3 aromatic carbocycles. The van der Waals surface area contributed by atoms with Crippen molar-refractivity contribution in [1.82, 2.24) is 0 Å². The Labute approximate surface area is 168 Å². The highest BCUT2D eigenvalue weighted by Gasteiger charge is 2.08. The number of azo groups is 2. The number of benzene rings is 3. The van der Waals surface area contributed by atoms with Crippen LogP contribution in [0.25, 0.3) is 0 Å². The van der Waals surface area contributed by atoms with Crippen LogP contribution < -0.4 is 4.74 Å². The van der Waals surface area contributed by atoms with Crippen LogP contribution in [0.5, 0.6) is 5.75 Å². The number of ether oxygens (including phenoxy) is 1. The monoisotopic (exact) mass is 410 g/mol. The summed E-state index contributed by atoms with van der Waals surface area (Å²) < 4.78 is 36.4. The van der Waals surface area contributed by atoms with Crippen LogP contribution in [0.3, 0.4) is 0 Å². The third-order valence-corrected chi connectivity index (χ3v) is 4.56. The molecule has 148 valence electrons. The van der Waals surface area contributed by atoms with E-state index in [9.17, 15) is 8.42 Å². The molecule has 0 aromatic heterocycles. The summed E-state index contributed by atoms with van der Waals surface area (Å²) in [6, 6.07) is 19.7. The zero-order valence-electron chi connectivity index (χ0n) is 15.5. The maximum absolute atomic E-state index is 11.0. The smallest absolute Gasteiger partial charge is 0.294 e. The molecule has 0 fully saturated rings. The van der Waals surface area contributed by atoms with Crippen LogP contribution in [-0.4, -0.2) is 19.6 Å². The van der Waals surface area contributed by atoms with Gasteiger partial charge in [0.2, 0.25) is 0 Å². The van der Waals surface area contributed by atoms with Gasteiger partial charge in [-0.3, -0.25) is 4.55 Å². The minimum Gasteiger partial charge on any atom is -0.494 e. The van der Waals surface area contributed by atoms with Crippen molar-refractivity contribution in [3.8, 4) is 5.75 Å². The molecular formula is C20H18N4O4S. The van der Waals surface area contributed by atoms with Crippen LogP contribution in [0.1, 0.15) is 6.92 Å². The van der Waals surface area contributed by atoms with Crippen LogP contribution in [0.2, 0.25) is 0 Å². The van der Waals surface area contributed by atoms with Gasteiger partial charge in [0.15, 0.2) is 0 Å². The molecule has 0 heterocycles. The lowest BCUT2D eigenvalue weighted by atomic mass is 10.3. The second kappa shape index (κ2) is 9.18. The summed E-state index contributed by atoms with van der Waals surface area (Å²) in [5.41, 5.74) is 2.43. The van der Waals surface area contributed by atoms with Crippen LogP contribution in [0.4, 0.5) is 22.7 Å². The summed E-state index contributed by atoms with van der Waals surface area (Å²) in [6.45, 7) is 2.54. The minimum absolute atomic E-state index is 0.196. The van der Waals surface area contributed by atoms with Gasteiger partial charge in [0.1, 0.15) is 5.75 Å². The third kappa shape index (κ3) is 6.03. The highest BCUT2D eigenvalue weighted by atomic mass is 32.2. The molecule has 29 heavy (non-hydrogen) atoms. The summed E-state index contributed by atoms with van der Waals surface area (Å²) >= 11 is 0. The van der Waals surface area contributed by atoms with E-state index in [1.165, 1.54) is 24.3 Å². The van der Waals surface area contributed by atoms with Crippen LogP contribution >= 0.6 is 0 Å². The predicted molar refractivity (Wildman–Crippen MR) is 109 cm³/mol. The lowest BCUT2D eigenvalue weighted by molar-refractivity contribution is 0.340. The van der Waals surface area contributed by atoms with Crippen molar-refractivity contribution in [2.75, 3.05) is 6.61 Å². The van der Waals surface area contributed by atoms with Crippen LogP contribution in [-0.2, 0) is 10.1 Å². The summed E-state index contributed by atoms with van der Waals surface area (Å²) in [6.07, 6.45) is 0. The molecular weight excluding hydrogens is 392 g/mol. The van der Waals surface area contributed by atoms with Crippen molar-refractivity contribution in [1.29, 1.82) is 0 Å². The molecule has 0 unspecified atom stereocenters. The molecule has 9 heteroatoms. The molecule has 0 aliphatic carbocycles. The van der Waals surface area contributed by atoms with E-state index in [1.807, 2.05) is 31.2 Å². The molecule has 1 N–H and O–H groups in total. The highest BCUT2D eigenvalue weighted by molar-refractivity contribution is 7.85. The van der Waals surface area contributed by atoms with Crippen molar-refractivity contribution >= 4 is 32.9 Å². The quantitative estimate of drug-likeness (QED) is 0.371. The zero-order valence-corrected chi connectivity index (χ0v) is 16.3. The van der Waals surface area contributed by atoms with Crippen molar-refractivity contribution in [2.24, 2.45) is 20.5 Å². The Balaban J connectivity index is 1.63. The second-order valence-electron chi connectivity index (χ2n) is 5.81. The molecule has 0 radical (unpaired) electrons. The zero-order chi connectivity index (χ0) is 20.7. The highest BCUT2D eigenvalue weighted by Crippen LogP contribution is 2.25. The van der Waals surface area contributed by atoms with Gasteiger partial charge in [-0.2, -0.15) is 28.9 Å². The predicted octanol–water partition coefficient (Wildman–Crippen LogP) is 6.16. The van der Waals surface area contributed by atoms with E-state index in [1.54, 1.807) is 24.3 Å². The van der Waals surface area contributed by atoms with Gasteiger partial charge in [-0.15, -0.1) is 0 Å². The minimum atomic E-state index is -4.22. The van der Waals surface area contributed by atoms with Crippen molar-refractivity contribution in [3.05, 3.63) is 72.8 Å². The largest absolute Gasteiger partial charge is 0.494 e. The Kier molecular flexibility index (Phi) is 6.43. The molecule has 0 amide bonds. The second-order valence-corrected chi connectivity index (χ2v) is 7.23. The van der Waals surface area contributed by atoms with Crippen molar-refractivity contribution in [2.45, 2.75) is 11.8 Å². The van der Waals surface area contributed by atoms with Crippen molar-refractivity contribution in [3.63, 3.8) is 0 Å². The maximum atomic E-state index is 11.0. The van der Waals surface area contributed by atoms with Gasteiger partial charge in [0.25, 0.3) is 10.1 Å². The first-order chi connectivity index (χ1) is 13.9. The standard InChI is InChI=1S/C20H18N4O4S/c1-2-28-19-11-7-17(8-12-19)23-21-15-3-5-16(6-4-15)22-24-18-9-13-20(14-10-18)29(25,26)27/h3-14H,2H2,1H3,(H,25,26,27). The molecule has 3 aromatic rings. The van der Waals surface area contributed by atoms with Crippen LogP contribution in [0, 0.1) is 0 Å². The van der Waals surface area contributed by atoms with E-state index in [4.69, 9.17) is 9.29 Å². The molecule has 3 rings (SSSR count). The van der Waals surface area contributed by atoms with E-state index in [0.717, 1.165) is 5.75 Å². The molecule has 0 aliphatic heterocycles. The Bertz CT molecular complexity index is 1110. The average molecular weight is 410 g/mol. The van der Waals surface area contributed by atoms with E-state index in [-0.39, 0.29) is 4.90 Å². The number of hydrogen-bond donors (Lipinski definition) is 1. The first-order valence-corrected chi connectivity index (χ1v) is 10.1. The van der Waals surface area contributed by atoms with Gasteiger partial charge in [0, 0.05) is 0 Å². The topological polar surface area (TPSA) is 113 Å². The summed E-state index contributed by atoms with van der Waals surface area (Å²) in [4.78, 5) is -0.196. The van der Waals surface area contributed by atoms with Crippen molar-refractivity contribution < 1.29 is 17.7 Å². The molecule has 0 atom stereocenters. The lowest BCUT2D eigenvalue weighted by Crippen LogP contribution is -1.96. The SMILES string of the molecule is CCOc1ccc(N=Nc2ccc(N=Nc3ccc(S(=O)(=O)O)cc3)cc2)cc1. The lowest BCUT2D eigenvalue weighted by Gasteiger charge is -2.01. The Morgan fingerprint density at radius 2 is 1.03 bits per heavy atom. The van der Waals surface area contributed by atoms with E-state index in [2.05, 4.69) is 20.5 Å². The summed E-state index contributed by atoms with van der Waals surface area (Å²) in [5, 5.41) is 16.5. The van der Waals surface area contributed by atoms with Gasteiger partial charge < -0.3 is 4.74 Å². The Hall–Kier alpha value is -3.43. The van der Waals surface area contributed by atoms with E-state index in [0.29, 0.717) is 29.4 Å². The number of rotatable bonds is 7. The molecule has 0 bridgehead atoms. The fourth-order valence-electron chi connectivity index (χ4n) is 2.28. The van der Waals surface area contributed by atoms with Gasteiger partial charge in [0.05, 0.1) is 34.3 Å². The normalized spacial score (nSPS) is 11.9. The molecule has 8 nitrogen and oxygen atoms in total. The molecule has 0 saturated carbocycles. The Morgan fingerprint density at radius 1 is 0.690 bits per heavy atom. The maximum Gasteiger partial charge on any atom is 0.294 e. The summed E-state index contributed by atoms with van der Waals surface area (Å²) in [7, 11) is -4.22. The van der Waals surface area contributed by atoms with Gasteiger partial charge in [-0.25, -0.2) is 0 Å². The molecule has 0 aliphatic rings. The molecule has 0 saturated heterocycles. The fourth-order valence-corrected chi connectivity index (χ4v) is 2.76. The van der Waals surface area contributed by atoms with Gasteiger partial charge in [-0.05, 0) is 79.7 Å². The van der Waals surface area contributed by atoms with Gasteiger partial charge in [-0.1, -0.05) is 0 Å².